The van der Waals surface area contributed by atoms with Gasteiger partial charge in [-0.2, -0.15) is 5.10 Å². The first-order valence-corrected chi connectivity index (χ1v) is 9.07. The van der Waals surface area contributed by atoms with Gasteiger partial charge in [0.25, 0.3) is 0 Å². The first-order valence-electron chi connectivity index (χ1n) is 8.19. The van der Waals surface area contributed by atoms with Gasteiger partial charge in [-0.3, -0.25) is 4.79 Å². The number of hydrogen-bond acceptors (Lipinski definition) is 3. The van der Waals surface area contributed by atoms with Gasteiger partial charge in [0, 0.05) is 30.2 Å². The Bertz CT molecular complexity index is 734. The number of benzene rings is 1. The van der Waals surface area contributed by atoms with Gasteiger partial charge in [0.15, 0.2) is 0 Å². The summed E-state index contributed by atoms with van der Waals surface area (Å²) in [5.74, 6) is 0.139. The zero-order chi connectivity index (χ0) is 16.6. The number of rotatable bonds is 8. The lowest BCUT2D eigenvalue weighted by molar-refractivity contribution is -0.121. The molecule has 0 radical (unpaired) electrons. The fraction of sp³-hybridized carbons (Fsp3) is 0.263. The number of nitrogens with one attached hydrogen (secondary N) is 1. The Hall–Kier alpha value is -2.40. The molecule has 5 heteroatoms. The number of thiophene rings is 1. The third-order valence-electron chi connectivity index (χ3n) is 3.85. The van der Waals surface area contributed by atoms with Gasteiger partial charge >= 0.3 is 0 Å². The Morgan fingerprint density at radius 3 is 2.71 bits per heavy atom. The Morgan fingerprint density at radius 2 is 2.00 bits per heavy atom. The van der Waals surface area contributed by atoms with Crippen molar-refractivity contribution in [1.82, 2.24) is 15.1 Å². The molecule has 3 rings (SSSR count). The summed E-state index contributed by atoms with van der Waals surface area (Å²) in [6.07, 6.45) is 7.02. The maximum Gasteiger partial charge on any atom is 0.220 e. The van der Waals surface area contributed by atoms with Crippen LogP contribution in [0.4, 0.5) is 0 Å². The Morgan fingerprint density at radius 1 is 1.12 bits per heavy atom. The molecular weight excluding hydrogens is 318 g/mol. The van der Waals surface area contributed by atoms with Crippen LogP contribution in [0.25, 0.3) is 5.69 Å². The summed E-state index contributed by atoms with van der Waals surface area (Å²) in [6.45, 7) is 0.680. The summed E-state index contributed by atoms with van der Waals surface area (Å²) in [7, 11) is 0. The van der Waals surface area contributed by atoms with Crippen LogP contribution in [0, 0.1) is 0 Å². The van der Waals surface area contributed by atoms with Crippen LogP contribution in [0.2, 0.25) is 0 Å². The lowest BCUT2D eigenvalue weighted by Crippen LogP contribution is -2.25. The smallest absolute Gasteiger partial charge is 0.220 e. The molecule has 0 atom stereocenters. The number of aromatic nitrogens is 2. The van der Waals surface area contributed by atoms with Crippen molar-refractivity contribution in [3.8, 4) is 5.69 Å². The van der Waals surface area contributed by atoms with Crippen LogP contribution < -0.4 is 5.32 Å². The number of aryl methyl sites for hydroxylation is 1. The molecule has 0 saturated heterocycles. The molecule has 3 aromatic rings. The van der Waals surface area contributed by atoms with Crippen molar-refractivity contribution in [3.05, 3.63) is 70.7 Å². The molecule has 1 aromatic carbocycles. The Labute approximate surface area is 146 Å². The highest BCUT2D eigenvalue weighted by atomic mass is 32.1. The summed E-state index contributed by atoms with van der Waals surface area (Å²) in [5.41, 5.74) is 2.26. The second-order valence-corrected chi connectivity index (χ2v) is 6.68. The van der Waals surface area contributed by atoms with Crippen molar-refractivity contribution in [2.75, 3.05) is 6.54 Å². The summed E-state index contributed by atoms with van der Waals surface area (Å²) in [4.78, 5) is 13.2. The number of carbonyl (C=O) groups excluding carboxylic acids is 1. The van der Waals surface area contributed by atoms with E-state index in [-0.39, 0.29) is 5.91 Å². The molecule has 0 aliphatic heterocycles. The minimum Gasteiger partial charge on any atom is -0.356 e. The van der Waals surface area contributed by atoms with E-state index < -0.39 is 0 Å². The average Bonchev–Trinajstić information content (AvgIpc) is 3.29. The quantitative estimate of drug-likeness (QED) is 0.681. The molecule has 0 bridgehead atoms. The van der Waals surface area contributed by atoms with E-state index in [4.69, 9.17) is 0 Å². The van der Waals surface area contributed by atoms with Crippen LogP contribution in [-0.4, -0.2) is 22.2 Å². The molecular formula is C19H21N3OS. The van der Waals surface area contributed by atoms with Crippen molar-refractivity contribution in [2.24, 2.45) is 0 Å². The molecule has 0 fully saturated rings. The predicted molar refractivity (Wildman–Crippen MR) is 97.5 cm³/mol. The van der Waals surface area contributed by atoms with Gasteiger partial charge in [-0.1, -0.05) is 18.2 Å². The molecule has 2 heterocycles. The molecule has 1 amide bonds. The van der Waals surface area contributed by atoms with Gasteiger partial charge in [-0.15, -0.1) is 11.3 Å². The third kappa shape index (κ3) is 4.80. The van der Waals surface area contributed by atoms with Crippen molar-refractivity contribution in [1.29, 1.82) is 0 Å². The second-order valence-electron chi connectivity index (χ2n) is 5.65. The highest BCUT2D eigenvalue weighted by molar-refractivity contribution is 7.09. The van der Waals surface area contributed by atoms with E-state index >= 15 is 0 Å². The van der Waals surface area contributed by atoms with Gasteiger partial charge in [0.1, 0.15) is 0 Å². The first kappa shape index (κ1) is 16.5. The zero-order valence-corrected chi connectivity index (χ0v) is 14.3. The maximum atomic E-state index is 11.9. The van der Waals surface area contributed by atoms with E-state index in [1.165, 1.54) is 10.4 Å². The van der Waals surface area contributed by atoms with Crippen LogP contribution >= 0.6 is 11.3 Å². The summed E-state index contributed by atoms with van der Waals surface area (Å²) in [5, 5.41) is 9.29. The fourth-order valence-electron chi connectivity index (χ4n) is 2.55. The Balaban J connectivity index is 1.36. The van der Waals surface area contributed by atoms with Gasteiger partial charge in [-0.25, -0.2) is 4.68 Å². The standard InChI is InChI=1S/C19H21N3OS/c23-19(6-1-4-18-5-2-15-24-18)20-13-11-16-7-9-17(10-8-16)22-14-3-12-21-22/h2-3,5,7-10,12,14-15H,1,4,6,11,13H2,(H,20,23). The van der Waals surface area contributed by atoms with Crippen molar-refractivity contribution in [3.63, 3.8) is 0 Å². The Kier molecular flexibility index (Phi) is 5.80. The molecule has 0 aliphatic carbocycles. The van der Waals surface area contributed by atoms with Crippen LogP contribution in [0.1, 0.15) is 23.3 Å². The summed E-state index contributed by atoms with van der Waals surface area (Å²) in [6, 6.07) is 14.3. The molecule has 0 spiro atoms. The summed E-state index contributed by atoms with van der Waals surface area (Å²) < 4.78 is 1.83. The van der Waals surface area contributed by atoms with E-state index in [1.807, 2.05) is 29.1 Å². The number of amides is 1. The minimum atomic E-state index is 0.139. The third-order valence-corrected chi connectivity index (χ3v) is 4.78. The van der Waals surface area contributed by atoms with E-state index in [2.05, 4.69) is 40.1 Å². The van der Waals surface area contributed by atoms with E-state index in [9.17, 15) is 4.79 Å². The molecule has 0 unspecified atom stereocenters. The van der Waals surface area contributed by atoms with E-state index in [0.29, 0.717) is 13.0 Å². The van der Waals surface area contributed by atoms with Crippen molar-refractivity contribution in [2.45, 2.75) is 25.7 Å². The topological polar surface area (TPSA) is 46.9 Å². The number of nitrogens with zero attached hydrogens (tertiary/aromatic N) is 2. The van der Waals surface area contributed by atoms with Crippen LogP contribution in [-0.2, 0) is 17.6 Å². The molecule has 0 saturated carbocycles. The molecule has 124 valence electrons. The molecule has 4 nitrogen and oxygen atoms in total. The first-order chi connectivity index (χ1) is 11.8. The van der Waals surface area contributed by atoms with Gasteiger partial charge in [0.2, 0.25) is 5.91 Å². The predicted octanol–water partition coefficient (Wildman–Crippen LogP) is 3.62. The monoisotopic (exact) mass is 339 g/mol. The fourth-order valence-corrected chi connectivity index (χ4v) is 3.30. The lowest BCUT2D eigenvalue weighted by atomic mass is 10.1. The van der Waals surface area contributed by atoms with Crippen LogP contribution in [0.3, 0.4) is 0 Å². The van der Waals surface area contributed by atoms with Gasteiger partial charge < -0.3 is 5.32 Å². The highest BCUT2D eigenvalue weighted by Crippen LogP contribution is 2.12. The largest absolute Gasteiger partial charge is 0.356 e. The molecule has 24 heavy (non-hydrogen) atoms. The number of hydrogen-bond donors (Lipinski definition) is 1. The second kappa shape index (κ2) is 8.45. The maximum absolute atomic E-state index is 11.9. The number of carbonyl (C=O) groups is 1. The van der Waals surface area contributed by atoms with Crippen molar-refractivity contribution >= 4 is 17.2 Å². The molecule has 0 aliphatic rings. The highest BCUT2D eigenvalue weighted by Gasteiger charge is 2.03. The SMILES string of the molecule is O=C(CCCc1cccs1)NCCc1ccc(-n2cccn2)cc1. The van der Waals surface area contributed by atoms with Gasteiger partial charge in [-0.05, 0) is 54.5 Å². The summed E-state index contributed by atoms with van der Waals surface area (Å²) >= 11 is 1.75. The minimum absolute atomic E-state index is 0.139. The zero-order valence-electron chi connectivity index (χ0n) is 13.5. The average molecular weight is 339 g/mol. The van der Waals surface area contributed by atoms with E-state index in [0.717, 1.165) is 24.9 Å². The van der Waals surface area contributed by atoms with Crippen LogP contribution in [0.5, 0.6) is 0 Å². The van der Waals surface area contributed by atoms with Crippen LogP contribution in [0.15, 0.2) is 60.2 Å². The molecule has 1 N–H and O–H groups in total. The molecule has 2 aromatic heterocycles. The lowest BCUT2D eigenvalue weighted by Gasteiger charge is -2.06. The van der Waals surface area contributed by atoms with Crippen molar-refractivity contribution < 1.29 is 4.79 Å². The van der Waals surface area contributed by atoms with E-state index in [1.54, 1.807) is 17.5 Å². The normalized spacial score (nSPS) is 10.7. The van der Waals surface area contributed by atoms with Gasteiger partial charge in [0.05, 0.1) is 5.69 Å².